The van der Waals surface area contributed by atoms with Gasteiger partial charge in [-0.25, -0.2) is 0 Å². The van der Waals surface area contributed by atoms with E-state index >= 15 is 0 Å². The molecule has 3 nitrogen and oxygen atoms in total. The molecular formula is C14H28N2O. The Kier molecular flexibility index (Phi) is 4.83. The van der Waals surface area contributed by atoms with Crippen LogP contribution in [0, 0.1) is 5.92 Å². The third-order valence-corrected chi connectivity index (χ3v) is 4.23. The van der Waals surface area contributed by atoms with Gasteiger partial charge in [-0.05, 0) is 52.1 Å². The van der Waals surface area contributed by atoms with E-state index in [1.165, 1.54) is 32.2 Å². The van der Waals surface area contributed by atoms with Crippen LogP contribution >= 0.6 is 0 Å². The highest BCUT2D eigenvalue weighted by molar-refractivity contribution is 4.90. The fourth-order valence-corrected chi connectivity index (χ4v) is 2.95. The first kappa shape index (κ1) is 13.3. The smallest absolute Gasteiger partial charge is 0.0702 e. The molecule has 100 valence electrons. The number of likely N-dealkylation sites (N-methyl/N-ethyl adjacent to an activating group) is 1. The summed E-state index contributed by atoms with van der Waals surface area (Å²) in [7, 11) is 2.26. The van der Waals surface area contributed by atoms with Gasteiger partial charge in [0.05, 0.1) is 6.10 Å². The second-order valence-electron chi connectivity index (χ2n) is 5.77. The van der Waals surface area contributed by atoms with Crippen molar-refractivity contribution in [2.75, 3.05) is 26.7 Å². The molecule has 2 aliphatic rings. The maximum absolute atomic E-state index is 5.66. The first-order valence-corrected chi connectivity index (χ1v) is 7.27. The molecule has 2 fully saturated rings. The maximum atomic E-state index is 5.66. The number of rotatable bonds is 7. The first-order valence-electron chi connectivity index (χ1n) is 7.27. The van der Waals surface area contributed by atoms with Gasteiger partial charge >= 0.3 is 0 Å². The van der Waals surface area contributed by atoms with Crippen molar-refractivity contribution in [2.24, 2.45) is 5.92 Å². The summed E-state index contributed by atoms with van der Waals surface area (Å²) in [6, 6.07) is 1.33. The van der Waals surface area contributed by atoms with E-state index in [4.69, 9.17) is 4.74 Å². The maximum Gasteiger partial charge on any atom is 0.0702 e. The molecule has 3 atom stereocenters. The summed E-state index contributed by atoms with van der Waals surface area (Å²) in [5.74, 6) is 0.932. The van der Waals surface area contributed by atoms with Gasteiger partial charge in [0.1, 0.15) is 0 Å². The SMILES string of the molecule is CCCNC(CN(C)C1CCOC1C)C1CC1. The van der Waals surface area contributed by atoms with Crippen molar-refractivity contribution in [1.29, 1.82) is 0 Å². The topological polar surface area (TPSA) is 24.5 Å². The fourth-order valence-electron chi connectivity index (χ4n) is 2.95. The molecule has 0 aromatic heterocycles. The van der Waals surface area contributed by atoms with Crippen LogP contribution in [0.1, 0.15) is 39.5 Å². The Morgan fingerprint density at radius 2 is 2.12 bits per heavy atom. The molecule has 0 bridgehead atoms. The molecule has 2 rings (SSSR count). The Morgan fingerprint density at radius 3 is 2.65 bits per heavy atom. The lowest BCUT2D eigenvalue weighted by Crippen LogP contribution is -2.46. The van der Waals surface area contributed by atoms with E-state index in [1.807, 2.05) is 0 Å². The van der Waals surface area contributed by atoms with Crippen LogP contribution in [0.3, 0.4) is 0 Å². The van der Waals surface area contributed by atoms with E-state index in [0.29, 0.717) is 18.2 Å². The van der Waals surface area contributed by atoms with Gasteiger partial charge in [-0.3, -0.25) is 4.90 Å². The van der Waals surface area contributed by atoms with Crippen LogP contribution in [0.4, 0.5) is 0 Å². The normalized spacial score (nSPS) is 31.1. The average Bonchev–Trinajstić information content (AvgIpc) is 3.06. The molecule has 3 unspecified atom stereocenters. The van der Waals surface area contributed by atoms with Gasteiger partial charge in [0.2, 0.25) is 0 Å². The number of nitrogens with one attached hydrogen (secondary N) is 1. The summed E-state index contributed by atoms with van der Waals surface area (Å²) in [6.07, 6.45) is 5.68. The van der Waals surface area contributed by atoms with Crippen molar-refractivity contribution in [2.45, 2.75) is 57.7 Å². The third kappa shape index (κ3) is 3.67. The molecule has 1 saturated carbocycles. The quantitative estimate of drug-likeness (QED) is 0.735. The minimum Gasteiger partial charge on any atom is -0.377 e. The Labute approximate surface area is 106 Å². The molecule has 1 aliphatic carbocycles. The van der Waals surface area contributed by atoms with E-state index in [2.05, 4.69) is 31.1 Å². The minimum absolute atomic E-state index is 0.408. The fraction of sp³-hybridized carbons (Fsp3) is 1.00. The molecule has 0 spiro atoms. The molecule has 0 amide bonds. The summed E-state index contributed by atoms with van der Waals surface area (Å²) in [5.41, 5.74) is 0. The zero-order valence-corrected chi connectivity index (χ0v) is 11.6. The van der Waals surface area contributed by atoms with Crippen LogP contribution in [0.5, 0.6) is 0 Å². The Hall–Kier alpha value is -0.120. The summed E-state index contributed by atoms with van der Waals surface area (Å²) >= 11 is 0. The van der Waals surface area contributed by atoms with Gasteiger partial charge in [-0.15, -0.1) is 0 Å². The molecule has 3 heteroatoms. The molecule has 1 N–H and O–H groups in total. The lowest BCUT2D eigenvalue weighted by Gasteiger charge is -2.31. The average molecular weight is 240 g/mol. The number of nitrogens with zero attached hydrogens (tertiary/aromatic N) is 1. The van der Waals surface area contributed by atoms with E-state index in [0.717, 1.165) is 19.1 Å². The second-order valence-corrected chi connectivity index (χ2v) is 5.77. The highest BCUT2D eigenvalue weighted by atomic mass is 16.5. The van der Waals surface area contributed by atoms with Gasteiger partial charge in [-0.1, -0.05) is 6.92 Å². The van der Waals surface area contributed by atoms with Gasteiger partial charge in [0.25, 0.3) is 0 Å². The summed E-state index contributed by atoms with van der Waals surface area (Å²) < 4.78 is 5.66. The van der Waals surface area contributed by atoms with Crippen LogP contribution in [0.2, 0.25) is 0 Å². The van der Waals surface area contributed by atoms with Crippen molar-refractivity contribution >= 4 is 0 Å². The van der Waals surface area contributed by atoms with Crippen molar-refractivity contribution in [3.8, 4) is 0 Å². The first-order chi connectivity index (χ1) is 8.22. The lowest BCUT2D eigenvalue weighted by atomic mass is 10.1. The molecule has 1 saturated heterocycles. The van der Waals surface area contributed by atoms with Gasteiger partial charge < -0.3 is 10.1 Å². The van der Waals surface area contributed by atoms with Crippen molar-refractivity contribution in [1.82, 2.24) is 10.2 Å². The Balaban J connectivity index is 1.79. The van der Waals surface area contributed by atoms with Crippen LogP contribution in [0.15, 0.2) is 0 Å². The minimum atomic E-state index is 0.408. The molecule has 0 aromatic carbocycles. The van der Waals surface area contributed by atoms with Gasteiger partial charge in [0.15, 0.2) is 0 Å². The molecule has 1 aliphatic heterocycles. The predicted molar refractivity (Wildman–Crippen MR) is 71.3 cm³/mol. The highest BCUT2D eigenvalue weighted by Crippen LogP contribution is 2.33. The lowest BCUT2D eigenvalue weighted by molar-refractivity contribution is 0.0793. The molecule has 1 heterocycles. The van der Waals surface area contributed by atoms with Gasteiger partial charge in [-0.2, -0.15) is 0 Å². The van der Waals surface area contributed by atoms with E-state index in [9.17, 15) is 0 Å². The zero-order valence-electron chi connectivity index (χ0n) is 11.6. The van der Waals surface area contributed by atoms with E-state index in [1.54, 1.807) is 0 Å². The molecule has 17 heavy (non-hydrogen) atoms. The number of ether oxygens (including phenoxy) is 1. The number of hydrogen-bond donors (Lipinski definition) is 1. The van der Waals surface area contributed by atoms with E-state index < -0.39 is 0 Å². The summed E-state index contributed by atoms with van der Waals surface area (Å²) in [5, 5.41) is 3.72. The standard InChI is InChI=1S/C14H28N2O/c1-4-8-15-13(12-5-6-12)10-16(3)14-7-9-17-11(14)2/h11-15H,4-10H2,1-3H3. The summed E-state index contributed by atoms with van der Waals surface area (Å²) in [6.45, 7) is 7.73. The van der Waals surface area contributed by atoms with Crippen LogP contribution < -0.4 is 5.32 Å². The monoisotopic (exact) mass is 240 g/mol. The molecule has 0 radical (unpaired) electrons. The molecular weight excluding hydrogens is 212 g/mol. The van der Waals surface area contributed by atoms with Crippen LogP contribution in [-0.4, -0.2) is 49.8 Å². The van der Waals surface area contributed by atoms with Gasteiger partial charge in [0, 0.05) is 25.2 Å². The van der Waals surface area contributed by atoms with Crippen LogP contribution in [0.25, 0.3) is 0 Å². The zero-order chi connectivity index (χ0) is 12.3. The number of hydrogen-bond acceptors (Lipinski definition) is 3. The third-order valence-electron chi connectivity index (χ3n) is 4.23. The largest absolute Gasteiger partial charge is 0.377 e. The Bertz CT molecular complexity index is 230. The molecule has 0 aromatic rings. The van der Waals surface area contributed by atoms with Crippen molar-refractivity contribution in [3.63, 3.8) is 0 Å². The highest BCUT2D eigenvalue weighted by Gasteiger charge is 2.34. The van der Waals surface area contributed by atoms with Crippen molar-refractivity contribution in [3.05, 3.63) is 0 Å². The van der Waals surface area contributed by atoms with Crippen LogP contribution in [-0.2, 0) is 4.74 Å². The predicted octanol–water partition coefficient (Wildman–Crippen LogP) is 1.87. The van der Waals surface area contributed by atoms with Crippen molar-refractivity contribution < 1.29 is 4.74 Å². The summed E-state index contributed by atoms with van der Waals surface area (Å²) in [4.78, 5) is 2.52. The Morgan fingerprint density at radius 1 is 1.35 bits per heavy atom. The second kappa shape index (κ2) is 6.17. The van der Waals surface area contributed by atoms with E-state index in [-0.39, 0.29) is 0 Å².